The van der Waals surface area contributed by atoms with Crippen LogP contribution in [0.2, 0.25) is 0 Å². The molecule has 0 aliphatic carbocycles. The number of hydrogen-bond donors (Lipinski definition) is 0. The van der Waals surface area contributed by atoms with E-state index in [-0.39, 0.29) is 16.4 Å². The largest absolute Gasteiger partial charge is 0.451 e. The Morgan fingerprint density at radius 3 is 1.89 bits per heavy atom. The van der Waals surface area contributed by atoms with E-state index in [9.17, 15) is 9.59 Å². The summed E-state index contributed by atoms with van der Waals surface area (Å²) in [6.45, 7) is 8.98. The number of carbonyl (C=O) groups excluding carboxylic acids is 2. The first-order chi connectivity index (χ1) is 17.7. The first-order valence-corrected chi connectivity index (χ1v) is 13.4. The van der Waals surface area contributed by atoms with Crippen molar-refractivity contribution in [3.8, 4) is 10.6 Å². The SMILES string of the molecule is CC(=O)Oc1cccc(C(C)(C)OC(=O)c2c(C)cc(-[s+]3c4ccccc4c4ccccc43)cc2C)c1. The molecule has 0 aliphatic heterocycles. The van der Waals surface area contributed by atoms with Gasteiger partial charge < -0.3 is 9.47 Å². The third-order valence-corrected chi connectivity index (χ3v) is 8.89. The van der Waals surface area contributed by atoms with Gasteiger partial charge in [0.15, 0.2) is 14.3 Å². The van der Waals surface area contributed by atoms with Crippen LogP contribution in [0.3, 0.4) is 0 Å². The molecule has 4 aromatic carbocycles. The van der Waals surface area contributed by atoms with Crippen LogP contribution < -0.4 is 4.74 Å². The van der Waals surface area contributed by atoms with Crippen molar-refractivity contribution in [2.75, 3.05) is 0 Å². The van der Waals surface area contributed by atoms with Crippen molar-refractivity contribution in [1.29, 1.82) is 0 Å². The Morgan fingerprint density at radius 1 is 0.757 bits per heavy atom. The number of thiophene rings is 1. The van der Waals surface area contributed by atoms with Crippen molar-refractivity contribution in [1.82, 2.24) is 0 Å². The van der Waals surface area contributed by atoms with E-state index in [1.54, 1.807) is 18.2 Å². The number of benzene rings is 4. The van der Waals surface area contributed by atoms with Gasteiger partial charge in [-0.3, -0.25) is 4.79 Å². The summed E-state index contributed by atoms with van der Waals surface area (Å²) in [4.78, 5) is 26.0. The number of carbonyl (C=O) groups is 2. The molecule has 0 spiro atoms. The van der Waals surface area contributed by atoms with Gasteiger partial charge in [-0.25, -0.2) is 4.79 Å². The van der Waals surface area contributed by atoms with E-state index >= 15 is 0 Å². The van der Waals surface area contributed by atoms with Gasteiger partial charge in [-0.05, 0) is 80.8 Å². The summed E-state index contributed by atoms with van der Waals surface area (Å²) in [5.74, 6) is -0.351. The van der Waals surface area contributed by atoms with Gasteiger partial charge in [0.2, 0.25) is 0 Å². The van der Waals surface area contributed by atoms with E-state index < -0.39 is 11.6 Å². The van der Waals surface area contributed by atoms with Gasteiger partial charge in [0.05, 0.1) is 5.56 Å². The molecule has 0 atom stereocenters. The standard InChI is InChI=1S/C32H29O4S/c1-20-17-25(37-28-15-8-6-13-26(28)27-14-7-9-16-29(27)37)18-21(2)30(20)31(34)36-32(4,5)23-11-10-12-24(19-23)35-22(3)33/h6-19H,1-5H3/q+1. The number of fused-ring (bicyclic) bond motifs is 3. The van der Waals surface area contributed by atoms with E-state index in [2.05, 4.69) is 60.7 Å². The van der Waals surface area contributed by atoms with Gasteiger partial charge in [-0.2, -0.15) is 0 Å². The molecule has 4 nitrogen and oxygen atoms in total. The van der Waals surface area contributed by atoms with Crippen LogP contribution in [0.15, 0.2) is 84.9 Å². The molecule has 0 amide bonds. The minimum Gasteiger partial charge on any atom is -0.451 e. The minimum absolute atomic E-state index is 0.233. The Bertz CT molecular complexity index is 1600. The number of aryl methyl sites for hydroxylation is 2. The number of ether oxygens (including phenoxy) is 2. The fourth-order valence-corrected chi connectivity index (χ4v) is 7.47. The lowest BCUT2D eigenvalue weighted by Crippen LogP contribution is -2.26. The third-order valence-electron chi connectivity index (χ3n) is 6.59. The molecule has 0 N–H and O–H groups in total. The van der Waals surface area contributed by atoms with Crippen LogP contribution in [0.25, 0.3) is 25.1 Å². The zero-order valence-corrected chi connectivity index (χ0v) is 22.4. The first kappa shape index (κ1) is 24.7. The molecule has 5 heteroatoms. The zero-order chi connectivity index (χ0) is 26.3. The average molecular weight is 510 g/mol. The molecular weight excluding hydrogens is 480 g/mol. The van der Waals surface area contributed by atoms with Gasteiger partial charge in [0.1, 0.15) is 11.4 Å². The highest BCUT2D eigenvalue weighted by Crippen LogP contribution is 2.49. The molecule has 0 aliphatic rings. The van der Waals surface area contributed by atoms with Crippen LogP contribution in [-0.2, 0) is 15.1 Å². The Morgan fingerprint density at radius 2 is 1.32 bits per heavy atom. The topological polar surface area (TPSA) is 52.6 Å². The summed E-state index contributed by atoms with van der Waals surface area (Å²) in [6.07, 6.45) is 0. The number of esters is 2. The van der Waals surface area contributed by atoms with Crippen molar-refractivity contribution in [3.05, 3.63) is 107 Å². The maximum atomic E-state index is 13.5. The maximum Gasteiger partial charge on any atom is 0.339 e. The molecule has 186 valence electrons. The molecule has 1 aromatic heterocycles. The van der Waals surface area contributed by atoms with Gasteiger partial charge in [-0.1, -0.05) is 36.4 Å². The second-order valence-corrected chi connectivity index (χ2v) is 11.7. The average Bonchev–Trinajstić information content (AvgIpc) is 3.17. The van der Waals surface area contributed by atoms with E-state index in [0.717, 1.165) is 16.7 Å². The summed E-state index contributed by atoms with van der Waals surface area (Å²) in [6, 6.07) is 28.5. The first-order valence-electron chi connectivity index (χ1n) is 12.2. The van der Waals surface area contributed by atoms with Crippen LogP contribution in [0.5, 0.6) is 5.75 Å². The minimum atomic E-state index is -0.921. The van der Waals surface area contributed by atoms with Crippen LogP contribution in [0.1, 0.15) is 47.8 Å². The quantitative estimate of drug-likeness (QED) is 0.136. The highest BCUT2D eigenvalue weighted by atomic mass is 32.2. The second-order valence-electron chi connectivity index (χ2n) is 9.75. The summed E-state index contributed by atoms with van der Waals surface area (Å²) >= 11 is 0. The summed E-state index contributed by atoms with van der Waals surface area (Å²) in [5.41, 5.74) is 2.18. The van der Waals surface area contributed by atoms with E-state index in [1.165, 1.54) is 32.0 Å². The van der Waals surface area contributed by atoms with Crippen LogP contribution in [0.4, 0.5) is 0 Å². The highest BCUT2D eigenvalue weighted by molar-refractivity contribution is 7.50. The summed E-state index contributed by atoms with van der Waals surface area (Å²) in [7, 11) is -0.233. The molecule has 5 rings (SSSR count). The molecule has 0 saturated heterocycles. The lowest BCUT2D eigenvalue weighted by Gasteiger charge is -2.27. The molecule has 5 aromatic rings. The molecule has 37 heavy (non-hydrogen) atoms. The summed E-state index contributed by atoms with van der Waals surface area (Å²) < 4.78 is 13.9. The Balaban J connectivity index is 1.51. The van der Waals surface area contributed by atoms with Crippen molar-refractivity contribution in [2.45, 2.75) is 40.2 Å². The normalized spacial score (nSPS) is 11.6. The third kappa shape index (κ3) is 4.63. The van der Waals surface area contributed by atoms with Crippen molar-refractivity contribution < 1.29 is 19.1 Å². The summed E-state index contributed by atoms with van der Waals surface area (Å²) in [5, 5.41) is 2.55. The fraction of sp³-hybridized carbons (Fsp3) is 0.188. The fourth-order valence-electron chi connectivity index (χ4n) is 4.91. The Hall–Kier alpha value is -3.96. The van der Waals surface area contributed by atoms with Crippen LogP contribution >= 0.6 is 10.5 Å². The smallest absolute Gasteiger partial charge is 0.339 e. The zero-order valence-electron chi connectivity index (χ0n) is 21.6. The van der Waals surface area contributed by atoms with E-state index in [1.807, 2.05) is 33.8 Å². The van der Waals surface area contributed by atoms with E-state index in [0.29, 0.717) is 11.3 Å². The van der Waals surface area contributed by atoms with Gasteiger partial charge >= 0.3 is 11.9 Å². The van der Waals surface area contributed by atoms with Gasteiger partial charge in [0, 0.05) is 40.3 Å². The van der Waals surface area contributed by atoms with Crippen LogP contribution in [-0.4, -0.2) is 11.9 Å². The molecule has 0 radical (unpaired) electrons. The lowest BCUT2D eigenvalue weighted by molar-refractivity contribution is -0.131. The van der Waals surface area contributed by atoms with Gasteiger partial charge in [-0.15, -0.1) is 0 Å². The molecule has 0 saturated carbocycles. The monoisotopic (exact) mass is 509 g/mol. The number of rotatable bonds is 5. The van der Waals surface area contributed by atoms with Crippen molar-refractivity contribution >= 4 is 42.6 Å². The Labute approximate surface area is 219 Å². The molecule has 0 unspecified atom stereocenters. The van der Waals surface area contributed by atoms with Crippen molar-refractivity contribution in [2.24, 2.45) is 0 Å². The van der Waals surface area contributed by atoms with Crippen molar-refractivity contribution in [3.63, 3.8) is 0 Å². The predicted molar refractivity (Wildman–Crippen MR) is 151 cm³/mol. The van der Waals surface area contributed by atoms with Gasteiger partial charge in [0.25, 0.3) is 0 Å². The lowest BCUT2D eigenvalue weighted by atomic mass is 9.97. The highest BCUT2D eigenvalue weighted by Gasteiger charge is 2.30. The Kier molecular flexibility index (Phi) is 6.34. The maximum absolute atomic E-state index is 13.5. The molecule has 1 heterocycles. The van der Waals surface area contributed by atoms with Crippen LogP contribution in [0, 0.1) is 13.8 Å². The molecule has 0 fully saturated rings. The second kappa shape index (κ2) is 9.49. The molecule has 0 bridgehead atoms. The number of hydrogen-bond acceptors (Lipinski definition) is 4. The molecular formula is C32H29O4S+. The predicted octanol–water partition coefficient (Wildman–Crippen LogP) is 8.37. The van der Waals surface area contributed by atoms with E-state index in [4.69, 9.17) is 9.47 Å².